The second-order valence-electron chi connectivity index (χ2n) is 2.87. The van der Waals surface area contributed by atoms with Gasteiger partial charge in [0.05, 0.1) is 6.33 Å². The number of aliphatic carboxylic acids is 1. The molecule has 1 atom stereocenters. The smallest absolute Gasteiger partial charge is 0.326 e. The number of hydrogen-bond donors (Lipinski definition) is 3. The van der Waals surface area contributed by atoms with E-state index in [1.165, 1.54) is 12.5 Å². The van der Waals surface area contributed by atoms with Crippen LogP contribution in [0, 0.1) is 0 Å². The molecule has 0 aliphatic heterocycles. The van der Waals surface area contributed by atoms with Crippen molar-refractivity contribution in [1.29, 1.82) is 0 Å². The van der Waals surface area contributed by atoms with Gasteiger partial charge in [-0.3, -0.25) is 4.79 Å². The minimum absolute atomic E-state index is 0.151. The number of imidazole rings is 1. The number of carboxylic acids is 1. The van der Waals surface area contributed by atoms with Crippen LogP contribution in [0.3, 0.4) is 0 Å². The highest BCUT2D eigenvalue weighted by molar-refractivity contribution is 6.27. The Hall–Kier alpha value is -1.56. The summed E-state index contributed by atoms with van der Waals surface area (Å²) in [6.07, 6.45) is 3.10. The first-order chi connectivity index (χ1) is 7.13. The number of alkyl halides is 1. The van der Waals surface area contributed by atoms with Gasteiger partial charge in [0, 0.05) is 18.3 Å². The summed E-state index contributed by atoms with van der Waals surface area (Å²) in [6.45, 7) is 0. The van der Waals surface area contributed by atoms with Crippen molar-refractivity contribution in [3.8, 4) is 0 Å². The van der Waals surface area contributed by atoms with E-state index >= 15 is 0 Å². The fourth-order valence-electron chi connectivity index (χ4n) is 1.05. The quantitative estimate of drug-likeness (QED) is 0.610. The molecule has 0 unspecified atom stereocenters. The molecule has 15 heavy (non-hydrogen) atoms. The summed E-state index contributed by atoms with van der Waals surface area (Å²) in [4.78, 5) is 28.2. The van der Waals surface area contributed by atoms with Crippen LogP contribution in [-0.4, -0.2) is 38.9 Å². The SMILES string of the molecule is O=C(CCl)N[C@@H](Cc1cnc[nH]1)C(=O)O. The van der Waals surface area contributed by atoms with E-state index in [2.05, 4.69) is 15.3 Å². The normalized spacial score (nSPS) is 12.1. The van der Waals surface area contributed by atoms with Gasteiger partial charge in [0.25, 0.3) is 0 Å². The average molecular weight is 232 g/mol. The maximum absolute atomic E-state index is 10.9. The molecular formula is C8H10ClN3O3. The minimum Gasteiger partial charge on any atom is -0.480 e. The Bertz CT molecular complexity index is 339. The fraction of sp³-hybridized carbons (Fsp3) is 0.375. The Morgan fingerprint density at radius 3 is 2.87 bits per heavy atom. The van der Waals surface area contributed by atoms with E-state index < -0.39 is 17.9 Å². The molecule has 0 saturated carbocycles. The molecule has 6 nitrogen and oxygen atoms in total. The van der Waals surface area contributed by atoms with Gasteiger partial charge in [0.2, 0.25) is 5.91 Å². The summed E-state index contributed by atoms with van der Waals surface area (Å²) in [7, 11) is 0. The van der Waals surface area contributed by atoms with Gasteiger partial charge in [-0.1, -0.05) is 0 Å². The first-order valence-corrected chi connectivity index (χ1v) is 4.72. The lowest BCUT2D eigenvalue weighted by Gasteiger charge is -2.12. The molecule has 0 radical (unpaired) electrons. The second-order valence-corrected chi connectivity index (χ2v) is 3.14. The molecule has 0 aromatic carbocycles. The largest absolute Gasteiger partial charge is 0.480 e. The first kappa shape index (κ1) is 11.5. The third-order valence-electron chi connectivity index (χ3n) is 1.73. The zero-order valence-corrected chi connectivity index (χ0v) is 8.49. The van der Waals surface area contributed by atoms with E-state index in [0.717, 1.165) is 0 Å². The lowest BCUT2D eigenvalue weighted by molar-refractivity contribution is -0.141. The molecule has 1 amide bonds. The average Bonchev–Trinajstić information content (AvgIpc) is 2.69. The van der Waals surface area contributed by atoms with Crippen LogP contribution in [0.1, 0.15) is 5.69 Å². The van der Waals surface area contributed by atoms with Crippen molar-refractivity contribution in [1.82, 2.24) is 15.3 Å². The Morgan fingerprint density at radius 2 is 2.40 bits per heavy atom. The van der Waals surface area contributed by atoms with Crippen LogP contribution in [-0.2, 0) is 16.0 Å². The summed E-state index contributed by atoms with van der Waals surface area (Å²) in [5, 5.41) is 11.1. The molecule has 0 saturated heterocycles. The van der Waals surface area contributed by atoms with Gasteiger partial charge >= 0.3 is 5.97 Å². The van der Waals surface area contributed by atoms with Crippen LogP contribution in [0.25, 0.3) is 0 Å². The molecule has 3 N–H and O–H groups in total. The van der Waals surface area contributed by atoms with Crippen molar-refractivity contribution >= 4 is 23.5 Å². The number of carbonyl (C=O) groups is 2. The maximum atomic E-state index is 10.9. The van der Waals surface area contributed by atoms with Crippen LogP contribution >= 0.6 is 11.6 Å². The molecule has 0 bridgehead atoms. The monoisotopic (exact) mass is 231 g/mol. The van der Waals surface area contributed by atoms with Crippen LogP contribution < -0.4 is 5.32 Å². The van der Waals surface area contributed by atoms with E-state index in [4.69, 9.17) is 16.7 Å². The second kappa shape index (κ2) is 5.35. The van der Waals surface area contributed by atoms with Gasteiger partial charge in [-0.05, 0) is 0 Å². The van der Waals surface area contributed by atoms with Gasteiger partial charge < -0.3 is 15.4 Å². The lowest BCUT2D eigenvalue weighted by Crippen LogP contribution is -2.42. The first-order valence-electron chi connectivity index (χ1n) is 4.19. The van der Waals surface area contributed by atoms with Crippen molar-refractivity contribution in [3.63, 3.8) is 0 Å². The van der Waals surface area contributed by atoms with Gasteiger partial charge in [-0.25, -0.2) is 9.78 Å². The molecule has 1 heterocycles. The molecule has 0 spiro atoms. The fourth-order valence-corrected chi connectivity index (χ4v) is 1.13. The molecule has 1 rings (SSSR count). The summed E-state index contributed by atoms with van der Waals surface area (Å²) in [5.74, 6) is -1.88. The standard InChI is InChI=1S/C8H10ClN3O3/c9-2-7(13)12-6(8(14)15)1-5-3-10-4-11-5/h3-4,6H,1-2H2,(H,10,11)(H,12,13)(H,14,15)/t6-/m0/s1. The number of rotatable bonds is 5. The van der Waals surface area contributed by atoms with Crippen LogP contribution in [0.15, 0.2) is 12.5 Å². The van der Waals surface area contributed by atoms with Crippen LogP contribution in [0.4, 0.5) is 0 Å². The summed E-state index contributed by atoms with van der Waals surface area (Å²) in [6, 6.07) is -0.989. The number of aromatic nitrogens is 2. The van der Waals surface area contributed by atoms with Crippen LogP contribution in [0.2, 0.25) is 0 Å². The zero-order chi connectivity index (χ0) is 11.3. The number of amides is 1. The van der Waals surface area contributed by atoms with E-state index in [1.54, 1.807) is 0 Å². The highest BCUT2D eigenvalue weighted by atomic mass is 35.5. The number of hydrogen-bond acceptors (Lipinski definition) is 3. The number of nitrogens with zero attached hydrogens (tertiary/aromatic N) is 1. The molecule has 82 valence electrons. The van der Waals surface area contributed by atoms with Gasteiger partial charge in [0.15, 0.2) is 0 Å². The number of aromatic amines is 1. The molecule has 0 aliphatic rings. The molecule has 0 fully saturated rings. The Kier molecular flexibility index (Phi) is 4.11. The Morgan fingerprint density at radius 1 is 1.67 bits per heavy atom. The highest BCUT2D eigenvalue weighted by Gasteiger charge is 2.20. The zero-order valence-electron chi connectivity index (χ0n) is 7.74. The van der Waals surface area contributed by atoms with Crippen molar-refractivity contribution < 1.29 is 14.7 Å². The number of carboxylic acid groups (broad SMARTS) is 1. The van der Waals surface area contributed by atoms with E-state index in [0.29, 0.717) is 5.69 Å². The molecular weight excluding hydrogens is 222 g/mol. The topological polar surface area (TPSA) is 95.1 Å². The Balaban J connectivity index is 2.59. The molecule has 1 aromatic rings. The van der Waals surface area contributed by atoms with E-state index in [-0.39, 0.29) is 12.3 Å². The van der Waals surface area contributed by atoms with Crippen molar-refractivity contribution in [3.05, 3.63) is 18.2 Å². The summed E-state index contributed by atoms with van der Waals surface area (Å²) >= 11 is 5.26. The Labute approximate surface area is 90.7 Å². The number of nitrogens with one attached hydrogen (secondary N) is 2. The van der Waals surface area contributed by atoms with Gasteiger partial charge in [0.1, 0.15) is 11.9 Å². The highest BCUT2D eigenvalue weighted by Crippen LogP contribution is 1.98. The predicted octanol–water partition coefficient (Wildman–Crippen LogP) is -0.240. The summed E-state index contributed by atoms with van der Waals surface area (Å²) < 4.78 is 0. The number of carbonyl (C=O) groups excluding carboxylic acids is 1. The van der Waals surface area contributed by atoms with Crippen molar-refractivity contribution in [2.24, 2.45) is 0 Å². The molecule has 1 aromatic heterocycles. The van der Waals surface area contributed by atoms with Gasteiger partial charge in [-0.15, -0.1) is 11.6 Å². The molecule has 7 heteroatoms. The predicted molar refractivity (Wildman–Crippen MR) is 52.6 cm³/mol. The van der Waals surface area contributed by atoms with Crippen molar-refractivity contribution in [2.45, 2.75) is 12.5 Å². The lowest BCUT2D eigenvalue weighted by atomic mass is 10.1. The van der Waals surface area contributed by atoms with Gasteiger partial charge in [-0.2, -0.15) is 0 Å². The molecule has 0 aliphatic carbocycles. The third-order valence-corrected chi connectivity index (χ3v) is 1.98. The number of halogens is 1. The van der Waals surface area contributed by atoms with E-state index in [1.807, 2.05) is 0 Å². The minimum atomic E-state index is -1.11. The summed E-state index contributed by atoms with van der Waals surface area (Å²) in [5.41, 5.74) is 0.636. The third kappa shape index (κ3) is 3.59. The van der Waals surface area contributed by atoms with Crippen LogP contribution in [0.5, 0.6) is 0 Å². The maximum Gasteiger partial charge on any atom is 0.326 e. The number of H-pyrrole nitrogens is 1. The van der Waals surface area contributed by atoms with Crippen molar-refractivity contribution in [2.75, 3.05) is 5.88 Å². The van der Waals surface area contributed by atoms with E-state index in [9.17, 15) is 9.59 Å².